The Labute approximate surface area is 91.4 Å². The van der Waals surface area contributed by atoms with Gasteiger partial charge in [0, 0.05) is 5.56 Å². The van der Waals surface area contributed by atoms with Crippen molar-refractivity contribution in [2.45, 2.75) is 19.1 Å². The molecule has 1 aromatic carbocycles. The normalized spacial score (nSPS) is 19.4. The molecule has 0 radical (unpaired) electrons. The number of likely N-dealkylation sites (N-methyl/N-ethyl adjacent to an activating group) is 1. The summed E-state index contributed by atoms with van der Waals surface area (Å²) in [5, 5.41) is 3.15. The van der Waals surface area contributed by atoms with E-state index in [-0.39, 0.29) is 6.04 Å². The van der Waals surface area contributed by atoms with Crippen molar-refractivity contribution >= 4 is 0 Å². The van der Waals surface area contributed by atoms with Crippen LogP contribution in [-0.2, 0) is 6.18 Å². The first-order chi connectivity index (χ1) is 7.52. The second-order valence-electron chi connectivity index (χ2n) is 3.67. The van der Waals surface area contributed by atoms with E-state index in [2.05, 4.69) is 5.32 Å². The predicted octanol–water partition coefficient (Wildman–Crippen LogP) is 2.75. The predicted molar refractivity (Wildman–Crippen MR) is 53.4 cm³/mol. The van der Waals surface area contributed by atoms with Crippen LogP contribution in [0, 0.1) is 0 Å². The standard InChI is InChI=1S/C11H12F3NO/c1-2-15-9-6-16-10-5-7(11(12,13)14)3-4-8(9)10/h3-5,9,15H,2,6H2,1H3/t9-/m1/s1. The summed E-state index contributed by atoms with van der Waals surface area (Å²) in [6.07, 6.45) is -4.31. The minimum Gasteiger partial charge on any atom is -0.491 e. The van der Waals surface area contributed by atoms with Crippen LogP contribution < -0.4 is 10.1 Å². The van der Waals surface area contributed by atoms with Gasteiger partial charge in [0.2, 0.25) is 0 Å². The van der Waals surface area contributed by atoms with Gasteiger partial charge in [-0.1, -0.05) is 13.0 Å². The first-order valence-corrected chi connectivity index (χ1v) is 5.09. The van der Waals surface area contributed by atoms with Crippen LogP contribution >= 0.6 is 0 Å². The average molecular weight is 231 g/mol. The largest absolute Gasteiger partial charge is 0.491 e. The summed E-state index contributed by atoms with van der Waals surface area (Å²) in [6, 6.07) is 3.64. The number of hydrogen-bond donors (Lipinski definition) is 1. The Morgan fingerprint density at radius 1 is 1.44 bits per heavy atom. The van der Waals surface area contributed by atoms with Crippen LogP contribution in [0.1, 0.15) is 24.1 Å². The Balaban J connectivity index is 2.29. The third kappa shape index (κ3) is 2.00. The van der Waals surface area contributed by atoms with Crippen LogP contribution in [-0.4, -0.2) is 13.2 Å². The summed E-state index contributed by atoms with van der Waals surface area (Å²) in [4.78, 5) is 0. The molecule has 0 saturated carbocycles. The summed E-state index contributed by atoms with van der Waals surface area (Å²) in [6.45, 7) is 3.10. The molecule has 0 amide bonds. The van der Waals surface area contributed by atoms with Crippen molar-refractivity contribution in [2.24, 2.45) is 0 Å². The van der Waals surface area contributed by atoms with E-state index in [4.69, 9.17) is 4.74 Å². The molecule has 0 unspecified atom stereocenters. The number of alkyl halides is 3. The molecule has 2 nitrogen and oxygen atoms in total. The summed E-state index contributed by atoms with van der Waals surface area (Å²) in [5.41, 5.74) is 0.137. The molecule has 5 heteroatoms. The fraction of sp³-hybridized carbons (Fsp3) is 0.455. The Morgan fingerprint density at radius 2 is 2.19 bits per heavy atom. The Kier molecular flexibility index (Phi) is 2.80. The lowest BCUT2D eigenvalue weighted by Gasteiger charge is -2.10. The van der Waals surface area contributed by atoms with Crippen molar-refractivity contribution < 1.29 is 17.9 Å². The van der Waals surface area contributed by atoms with Gasteiger partial charge in [0.1, 0.15) is 12.4 Å². The first kappa shape index (κ1) is 11.3. The van der Waals surface area contributed by atoms with E-state index in [1.165, 1.54) is 6.07 Å². The molecule has 0 fully saturated rings. The fourth-order valence-corrected chi connectivity index (χ4v) is 1.80. The Bertz CT molecular complexity index is 389. The highest BCUT2D eigenvalue weighted by atomic mass is 19.4. The van der Waals surface area contributed by atoms with Crippen LogP contribution in [0.2, 0.25) is 0 Å². The van der Waals surface area contributed by atoms with E-state index < -0.39 is 11.7 Å². The maximum atomic E-state index is 12.4. The maximum Gasteiger partial charge on any atom is 0.416 e. The van der Waals surface area contributed by atoms with Crippen molar-refractivity contribution in [1.29, 1.82) is 0 Å². The zero-order valence-corrected chi connectivity index (χ0v) is 8.77. The zero-order valence-electron chi connectivity index (χ0n) is 8.77. The lowest BCUT2D eigenvalue weighted by Crippen LogP contribution is -2.21. The molecule has 0 aromatic heterocycles. The van der Waals surface area contributed by atoms with Crippen molar-refractivity contribution in [3.63, 3.8) is 0 Å². The number of halogens is 3. The minimum absolute atomic E-state index is 0.00211. The monoisotopic (exact) mass is 231 g/mol. The smallest absolute Gasteiger partial charge is 0.416 e. The summed E-state index contributed by atoms with van der Waals surface area (Å²) in [5.74, 6) is 0.334. The van der Waals surface area contributed by atoms with E-state index in [0.29, 0.717) is 12.4 Å². The van der Waals surface area contributed by atoms with Crippen LogP contribution in [0.3, 0.4) is 0 Å². The van der Waals surface area contributed by atoms with E-state index >= 15 is 0 Å². The molecular formula is C11H12F3NO. The molecule has 1 atom stereocenters. The molecule has 2 rings (SSSR count). The number of ether oxygens (including phenoxy) is 1. The van der Waals surface area contributed by atoms with Gasteiger partial charge in [-0.15, -0.1) is 0 Å². The Morgan fingerprint density at radius 3 is 2.81 bits per heavy atom. The first-order valence-electron chi connectivity index (χ1n) is 5.09. The SMILES string of the molecule is CCN[C@@H]1COc2cc(C(F)(F)F)ccc21. The second kappa shape index (κ2) is 3.97. The van der Waals surface area contributed by atoms with E-state index in [1.807, 2.05) is 6.92 Å². The minimum atomic E-state index is -4.31. The third-order valence-corrected chi connectivity index (χ3v) is 2.57. The van der Waals surface area contributed by atoms with Gasteiger partial charge in [-0.05, 0) is 18.7 Å². The molecule has 0 aliphatic carbocycles. The number of nitrogens with one attached hydrogen (secondary N) is 1. The molecule has 1 aliphatic rings. The van der Waals surface area contributed by atoms with Crippen molar-refractivity contribution in [3.8, 4) is 5.75 Å². The number of rotatable bonds is 2. The topological polar surface area (TPSA) is 21.3 Å². The molecule has 0 saturated heterocycles. The molecule has 1 aromatic rings. The molecule has 88 valence electrons. The fourth-order valence-electron chi connectivity index (χ4n) is 1.80. The van der Waals surface area contributed by atoms with Crippen LogP contribution in [0.15, 0.2) is 18.2 Å². The molecule has 0 spiro atoms. The molecule has 1 aliphatic heterocycles. The molecule has 1 heterocycles. The van der Waals surface area contributed by atoms with Gasteiger partial charge in [-0.25, -0.2) is 0 Å². The van der Waals surface area contributed by atoms with Gasteiger partial charge in [0.25, 0.3) is 0 Å². The average Bonchev–Trinajstić information content (AvgIpc) is 2.60. The highest BCUT2D eigenvalue weighted by molar-refractivity contribution is 5.43. The number of benzene rings is 1. The molecular weight excluding hydrogens is 219 g/mol. The lowest BCUT2D eigenvalue weighted by molar-refractivity contribution is -0.137. The van der Waals surface area contributed by atoms with Crippen molar-refractivity contribution in [1.82, 2.24) is 5.32 Å². The summed E-state index contributed by atoms with van der Waals surface area (Å²) >= 11 is 0. The van der Waals surface area contributed by atoms with E-state index in [1.54, 1.807) is 0 Å². The molecule has 16 heavy (non-hydrogen) atoms. The van der Waals surface area contributed by atoms with Crippen LogP contribution in [0.5, 0.6) is 5.75 Å². The third-order valence-electron chi connectivity index (χ3n) is 2.57. The lowest BCUT2D eigenvalue weighted by atomic mass is 10.1. The summed E-state index contributed by atoms with van der Waals surface area (Å²) in [7, 11) is 0. The van der Waals surface area contributed by atoms with Gasteiger partial charge in [-0.2, -0.15) is 13.2 Å². The van der Waals surface area contributed by atoms with Gasteiger partial charge in [-0.3, -0.25) is 0 Å². The summed E-state index contributed by atoms with van der Waals surface area (Å²) < 4.78 is 42.5. The Hall–Kier alpha value is -1.23. The van der Waals surface area contributed by atoms with Gasteiger partial charge in [0.15, 0.2) is 0 Å². The highest BCUT2D eigenvalue weighted by Crippen LogP contribution is 2.38. The number of fused-ring (bicyclic) bond motifs is 1. The van der Waals surface area contributed by atoms with Crippen LogP contribution in [0.4, 0.5) is 13.2 Å². The zero-order chi connectivity index (χ0) is 11.8. The quantitative estimate of drug-likeness (QED) is 0.845. The van der Waals surface area contributed by atoms with E-state index in [9.17, 15) is 13.2 Å². The van der Waals surface area contributed by atoms with E-state index in [0.717, 1.165) is 24.2 Å². The van der Waals surface area contributed by atoms with Gasteiger partial charge < -0.3 is 10.1 Å². The van der Waals surface area contributed by atoms with Crippen molar-refractivity contribution in [2.75, 3.05) is 13.2 Å². The van der Waals surface area contributed by atoms with Gasteiger partial charge in [0.05, 0.1) is 11.6 Å². The molecule has 0 bridgehead atoms. The highest BCUT2D eigenvalue weighted by Gasteiger charge is 2.33. The number of hydrogen-bond acceptors (Lipinski definition) is 2. The van der Waals surface area contributed by atoms with Gasteiger partial charge >= 0.3 is 6.18 Å². The second-order valence-corrected chi connectivity index (χ2v) is 3.67. The van der Waals surface area contributed by atoms with Crippen molar-refractivity contribution in [3.05, 3.63) is 29.3 Å². The maximum absolute atomic E-state index is 12.4. The molecule has 1 N–H and O–H groups in total. The van der Waals surface area contributed by atoms with Crippen LogP contribution in [0.25, 0.3) is 0 Å².